The molecule has 8 nitrogen and oxygen atoms in total. The van der Waals surface area contributed by atoms with E-state index in [1.165, 1.54) is 28.6 Å². The quantitative estimate of drug-likeness (QED) is 0.436. The number of aromatic nitrogens is 3. The highest BCUT2D eigenvalue weighted by Crippen LogP contribution is 2.26. The smallest absolute Gasteiger partial charge is 0.387 e. The van der Waals surface area contributed by atoms with E-state index in [2.05, 4.69) is 21.0 Å². The monoisotopic (exact) mass is 453 g/mol. The second kappa shape index (κ2) is 11.1. The van der Waals surface area contributed by atoms with E-state index in [1.807, 2.05) is 0 Å². The fraction of sp³-hybridized carbons (Fsp3) is 0.450. The molecule has 0 saturated heterocycles. The van der Waals surface area contributed by atoms with E-state index in [4.69, 9.17) is 10.6 Å². The lowest BCUT2D eigenvalue weighted by Gasteiger charge is -2.27. The first-order valence-electron chi connectivity index (χ1n) is 9.86. The summed E-state index contributed by atoms with van der Waals surface area (Å²) < 4.78 is 35.4. The second-order valence-corrected chi connectivity index (χ2v) is 7.79. The lowest BCUT2D eigenvalue weighted by molar-refractivity contribution is -0.127. The molecule has 1 amide bonds. The zero-order chi connectivity index (χ0) is 22.2. The molecule has 0 aliphatic heterocycles. The number of ether oxygens (including phenoxy) is 2. The molecule has 0 saturated carbocycles. The van der Waals surface area contributed by atoms with Gasteiger partial charge in [-0.3, -0.25) is 4.79 Å². The minimum atomic E-state index is -2.89. The Bertz CT molecular complexity index is 905. The third-order valence-electron chi connectivity index (χ3n) is 4.76. The number of thioether (sulfide) groups is 1. The number of hydrogen-bond donors (Lipinski definition) is 1. The standard InChI is InChI=1S/C20H25F2N5O3S/c1-29-12-11-26(15-5-3-2-4-6-15)17(28)13-31-20-25-24-18(27(20)23)14-7-9-16(10-8-14)30-19(21)22/h5,7-10,19H,2-4,6,11-13,23H2,1H3. The molecule has 0 bridgehead atoms. The average molecular weight is 454 g/mol. The second-order valence-electron chi connectivity index (χ2n) is 6.85. The molecule has 1 heterocycles. The molecule has 1 aliphatic rings. The first-order chi connectivity index (χ1) is 15.0. The summed E-state index contributed by atoms with van der Waals surface area (Å²) in [6, 6.07) is 5.93. The van der Waals surface area contributed by atoms with Gasteiger partial charge in [0.15, 0.2) is 5.82 Å². The SMILES string of the molecule is COCCN(C(=O)CSc1nnc(-c2ccc(OC(F)F)cc2)n1N)C1=CCCCC1. The number of amides is 1. The molecule has 3 rings (SSSR count). The van der Waals surface area contributed by atoms with Crippen molar-refractivity contribution in [2.24, 2.45) is 0 Å². The summed E-state index contributed by atoms with van der Waals surface area (Å²) in [5.41, 5.74) is 1.62. The molecule has 0 atom stereocenters. The highest BCUT2D eigenvalue weighted by Gasteiger charge is 2.21. The van der Waals surface area contributed by atoms with Crippen LogP contribution in [0.5, 0.6) is 5.75 Å². The summed E-state index contributed by atoms with van der Waals surface area (Å²) in [4.78, 5) is 14.6. The van der Waals surface area contributed by atoms with Gasteiger partial charge in [0.05, 0.1) is 12.4 Å². The van der Waals surface area contributed by atoms with Gasteiger partial charge in [0.1, 0.15) is 5.75 Å². The van der Waals surface area contributed by atoms with E-state index in [9.17, 15) is 13.6 Å². The van der Waals surface area contributed by atoms with Crippen molar-refractivity contribution in [2.45, 2.75) is 37.5 Å². The van der Waals surface area contributed by atoms with E-state index in [1.54, 1.807) is 24.1 Å². The highest BCUT2D eigenvalue weighted by molar-refractivity contribution is 7.99. The number of halogens is 2. The largest absolute Gasteiger partial charge is 0.435 e. The van der Waals surface area contributed by atoms with Crippen LogP contribution in [0.4, 0.5) is 8.78 Å². The minimum absolute atomic E-state index is 0.0372. The molecule has 11 heteroatoms. The third-order valence-corrected chi connectivity index (χ3v) is 5.69. The Kier molecular flexibility index (Phi) is 8.24. The Morgan fingerprint density at radius 3 is 2.71 bits per heavy atom. The molecule has 0 unspecified atom stereocenters. The van der Waals surface area contributed by atoms with Gasteiger partial charge in [-0.2, -0.15) is 8.78 Å². The van der Waals surface area contributed by atoms with E-state index >= 15 is 0 Å². The zero-order valence-corrected chi connectivity index (χ0v) is 18.0. The van der Waals surface area contributed by atoms with Crippen LogP contribution >= 0.6 is 11.8 Å². The normalized spacial score (nSPS) is 13.9. The van der Waals surface area contributed by atoms with Gasteiger partial charge in [0.25, 0.3) is 0 Å². The van der Waals surface area contributed by atoms with Crippen LogP contribution in [0.3, 0.4) is 0 Å². The van der Waals surface area contributed by atoms with E-state index in [0.29, 0.717) is 29.7 Å². The number of nitrogen functional groups attached to an aromatic ring is 1. The first-order valence-corrected chi connectivity index (χ1v) is 10.8. The van der Waals surface area contributed by atoms with Gasteiger partial charge in [0, 0.05) is 24.9 Å². The van der Waals surface area contributed by atoms with Crippen LogP contribution in [0, 0.1) is 0 Å². The summed E-state index contributed by atoms with van der Waals surface area (Å²) >= 11 is 1.19. The van der Waals surface area contributed by atoms with Crippen molar-refractivity contribution in [1.82, 2.24) is 19.8 Å². The minimum Gasteiger partial charge on any atom is -0.435 e. The van der Waals surface area contributed by atoms with Crippen LogP contribution in [-0.2, 0) is 9.53 Å². The fourth-order valence-corrected chi connectivity index (χ4v) is 3.97. The molecule has 0 spiro atoms. The van der Waals surface area contributed by atoms with Crippen molar-refractivity contribution in [3.8, 4) is 17.1 Å². The topological polar surface area (TPSA) is 95.5 Å². The molecular formula is C20H25F2N5O3S. The number of carbonyl (C=O) groups excluding carboxylic acids is 1. The average Bonchev–Trinajstić information content (AvgIpc) is 3.13. The maximum atomic E-state index is 12.9. The van der Waals surface area contributed by atoms with Crippen LogP contribution < -0.4 is 10.6 Å². The predicted molar refractivity (Wildman–Crippen MR) is 113 cm³/mol. The van der Waals surface area contributed by atoms with E-state index < -0.39 is 6.61 Å². The van der Waals surface area contributed by atoms with Crippen LogP contribution in [0.1, 0.15) is 25.7 Å². The van der Waals surface area contributed by atoms with E-state index in [-0.39, 0.29) is 17.4 Å². The molecule has 2 N–H and O–H groups in total. The van der Waals surface area contributed by atoms with E-state index in [0.717, 1.165) is 31.4 Å². The third kappa shape index (κ3) is 6.17. The maximum absolute atomic E-state index is 12.9. The molecule has 2 aromatic rings. The predicted octanol–water partition coefficient (Wildman–Crippen LogP) is 3.29. The molecule has 1 aromatic carbocycles. The number of nitrogens with two attached hydrogens (primary N) is 1. The summed E-state index contributed by atoms with van der Waals surface area (Å²) in [5.74, 6) is 6.59. The molecular weight excluding hydrogens is 428 g/mol. The van der Waals surface area contributed by atoms with Crippen LogP contribution in [-0.4, -0.2) is 58.3 Å². The number of hydrogen-bond acceptors (Lipinski definition) is 7. The van der Waals surface area contributed by atoms with Gasteiger partial charge >= 0.3 is 6.61 Å². The fourth-order valence-electron chi connectivity index (χ4n) is 3.24. The van der Waals surface area contributed by atoms with Gasteiger partial charge in [-0.05, 0) is 49.9 Å². The Balaban J connectivity index is 1.65. The molecule has 31 heavy (non-hydrogen) atoms. The number of benzene rings is 1. The van der Waals surface area contributed by atoms with Crippen LogP contribution in [0.15, 0.2) is 41.2 Å². The number of alkyl halides is 2. The van der Waals surface area contributed by atoms with Crippen molar-refractivity contribution < 1.29 is 23.0 Å². The number of methoxy groups -OCH3 is 1. The lowest BCUT2D eigenvalue weighted by atomic mass is 10.0. The Morgan fingerprint density at radius 1 is 1.29 bits per heavy atom. The Labute approximate surface area is 183 Å². The maximum Gasteiger partial charge on any atom is 0.387 e. The summed E-state index contributed by atoms with van der Waals surface area (Å²) in [6.07, 6.45) is 6.17. The molecule has 168 valence electrons. The van der Waals surface area contributed by atoms with Crippen molar-refractivity contribution in [3.63, 3.8) is 0 Å². The molecule has 0 fully saturated rings. The van der Waals surface area contributed by atoms with Gasteiger partial charge in [0.2, 0.25) is 11.1 Å². The van der Waals surface area contributed by atoms with Crippen molar-refractivity contribution in [2.75, 3.05) is 31.9 Å². The van der Waals surface area contributed by atoms with Crippen molar-refractivity contribution >= 4 is 17.7 Å². The van der Waals surface area contributed by atoms with Gasteiger partial charge in [-0.15, -0.1) is 10.2 Å². The number of nitrogens with zero attached hydrogens (tertiary/aromatic N) is 4. The lowest BCUT2D eigenvalue weighted by Crippen LogP contribution is -2.35. The Hall–Kier alpha value is -2.66. The zero-order valence-electron chi connectivity index (χ0n) is 17.2. The van der Waals surface area contributed by atoms with Gasteiger partial charge < -0.3 is 20.2 Å². The first kappa shape index (κ1) is 23.0. The number of carbonyl (C=O) groups is 1. The summed E-state index contributed by atoms with van der Waals surface area (Å²) in [6.45, 7) is -1.94. The van der Waals surface area contributed by atoms with Gasteiger partial charge in [-0.1, -0.05) is 17.8 Å². The van der Waals surface area contributed by atoms with Gasteiger partial charge in [-0.25, -0.2) is 4.68 Å². The molecule has 0 radical (unpaired) electrons. The Morgan fingerprint density at radius 2 is 2.06 bits per heavy atom. The highest BCUT2D eigenvalue weighted by atomic mass is 32.2. The number of allylic oxidation sites excluding steroid dienone is 2. The van der Waals surface area contributed by atoms with Crippen LogP contribution in [0.2, 0.25) is 0 Å². The summed E-state index contributed by atoms with van der Waals surface area (Å²) in [7, 11) is 1.61. The van der Waals surface area contributed by atoms with Crippen molar-refractivity contribution in [3.05, 3.63) is 36.0 Å². The van der Waals surface area contributed by atoms with Crippen molar-refractivity contribution in [1.29, 1.82) is 0 Å². The molecule has 1 aromatic heterocycles. The number of rotatable bonds is 10. The molecule has 1 aliphatic carbocycles. The van der Waals surface area contributed by atoms with Crippen LogP contribution in [0.25, 0.3) is 11.4 Å². The summed E-state index contributed by atoms with van der Waals surface area (Å²) in [5, 5.41) is 8.49.